The molecule has 1 amide bonds. The topological polar surface area (TPSA) is 93.0 Å². The Labute approximate surface area is 113 Å². The SMILES string of the molecule is CCN(CC)CCNC(=O)C1=C[C@@H](O)[C@@H](O)[C@H](O)C1. The van der Waals surface area contributed by atoms with Crippen molar-refractivity contribution in [2.75, 3.05) is 26.2 Å². The van der Waals surface area contributed by atoms with Crippen LogP contribution in [-0.4, -0.2) is 70.6 Å². The molecular weight excluding hydrogens is 248 g/mol. The van der Waals surface area contributed by atoms with E-state index in [1.54, 1.807) is 0 Å². The summed E-state index contributed by atoms with van der Waals surface area (Å²) in [4.78, 5) is 14.0. The molecule has 1 aliphatic rings. The van der Waals surface area contributed by atoms with Crippen LogP contribution in [0.25, 0.3) is 0 Å². The van der Waals surface area contributed by atoms with Crippen molar-refractivity contribution < 1.29 is 20.1 Å². The standard InChI is InChI=1S/C13H24N2O4/c1-3-15(4-2)6-5-14-13(19)9-7-10(16)12(18)11(17)8-9/h7,10-12,16-18H,3-6,8H2,1-2H3,(H,14,19)/t10-,11-,12-/m1/s1. The van der Waals surface area contributed by atoms with E-state index in [2.05, 4.69) is 24.1 Å². The number of nitrogens with one attached hydrogen (secondary N) is 1. The summed E-state index contributed by atoms with van der Waals surface area (Å²) in [5.41, 5.74) is 0.324. The van der Waals surface area contributed by atoms with Crippen LogP contribution in [0.3, 0.4) is 0 Å². The van der Waals surface area contributed by atoms with Gasteiger partial charge < -0.3 is 25.5 Å². The lowest BCUT2D eigenvalue weighted by molar-refractivity contribution is -0.119. The Morgan fingerprint density at radius 3 is 2.53 bits per heavy atom. The summed E-state index contributed by atoms with van der Waals surface area (Å²) < 4.78 is 0. The van der Waals surface area contributed by atoms with Crippen LogP contribution >= 0.6 is 0 Å². The predicted octanol–water partition coefficient (Wildman–Crippen LogP) is -1.14. The fraction of sp³-hybridized carbons (Fsp3) is 0.769. The quantitative estimate of drug-likeness (QED) is 0.490. The smallest absolute Gasteiger partial charge is 0.247 e. The average Bonchev–Trinajstić information content (AvgIpc) is 2.40. The lowest BCUT2D eigenvalue weighted by Crippen LogP contribution is -2.43. The van der Waals surface area contributed by atoms with E-state index >= 15 is 0 Å². The highest BCUT2D eigenvalue weighted by Gasteiger charge is 2.31. The van der Waals surface area contributed by atoms with Crippen LogP contribution in [0, 0.1) is 0 Å². The zero-order chi connectivity index (χ0) is 14.4. The lowest BCUT2D eigenvalue weighted by Gasteiger charge is -2.27. The Balaban J connectivity index is 2.44. The van der Waals surface area contributed by atoms with Gasteiger partial charge in [0.15, 0.2) is 0 Å². The monoisotopic (exact) mass is 272 g/mol. The summed E-state index contributed by atoms with van der Waals surface area (Å²) in [5, 5.41) is 31.1. The number of nitrogens with zero attached hydrogens (tertiary/aromatic N) is 1. The van der Waals surface area contributed by atoms with E-state index < -0.39 is 18.3 Å². The Hall–Kier alpha value is -0.950. The Morgan fingerprint density at radius 2 is 2.00 bits per heavy atom. The fourth-order valence-electron chi connectivity index (χ4n) is 2.10. The molecule has 0 aliphatic heterocycles. The van der Waals surface area contributed by atoms with Gasteiger partial charge in [0.2, 0.25) is 5.91 Å². The summed E-state index contributed by atoms with van der Waals surface area (Å²) in [6.07, 6.45) is -2.12. The molecule has 0 radical (unpaired) electrons. The number of rotatable bonds is 6. The van der Waals surface area contributed by atoms with Gasteiger partial charge in [0.25, 0.3) is 0 Å². The van der Waals surface area contributed by atoms with E-state index in [1.807, 2.05) is 0 Å². The number of aliphatic hydroxyl groups is 3. The van der Waals surface area contributed by atoms with Crippen molar-refractivity contribution in [3.63, 3.8) is 0 Å². The van der Waals surface area contributed by atoms with Gasteiger partial charge in [-0.1, -0.05) is 13.8 Å². The van der Waals surface area contributed by atoms with E-state index in [0.29, 0.717) is 12.1 Å². The van der Waals surface area contributed by atoms with Gasteiger partial charge in [0, 0.05) is 25.1 Å². The highest BCUT2D eigenvalue weighted by atomic mass is 16.4. The Morgan fingerprint density at radius 1 is 1.37 bits per heavy atom. The molecule has 0 saturated heterocycles. The molecule has 0 bridgehead atoms. The van der Waals surface area contributed by atoms with Crippen LogP contribution < -0.4 is 5.32 Å². The molecule has 19 heavy (non-hydrogen) atoms. The summed E-state index contributed by atoms with van der Waals surface area (Å²) in [6, 6.07) is 0. The van der Waals surface area contributed by atoms with Gasteiger partial charge in [0.1, 0.15) is 12.2 Å². The van der Waals surface area contributed by atoms with Crippen molar-refractivity contribution in [2.45, 2.75) is 38.6 Å². The maximum Gasteiger partial charge on any atom is 0.247 e. The zero-order valence-electron chi connectivity index (χ0n) is 11.5. The minimum atomic E-state index is -1.22. The van der Waals surface area contributed by atoms with Crippen molar-refractivity contribution in [1.82, 2.24) is 10.2 Å². The third-order valence-corrected chi connectivity index (χ3v) is 3.44. The third kappa shape index (κ3) is 4.58. The fourth-order valence-corrected chi connectivity index (χ4v) is 2.10. The van der Waals surface area contributed by atoms with Gasteiger partial charge in [0.05, 0.1) is 6.10 Å². The zero-order valence-corrected chi connectivity index (χ0v) is 11.5. The summed E-state index contributed by atoms with van der Waals surface area (Å²) in [6.45, 7) is 7.26. The highest BCUT2D eigenvalue weighted by molar-refractivity contribution is 5.93. The minimum Gasteiger partial charge on any atom is -0.390 e. The summed E-state index contributed by atoms with van der Waals surface area (Å²) in [7, 11) is 0. The van der Waals surface area contributed by atoms with Gasteiger partial charge in [-0.05, 0) is 19.2 Å². The number of hydrogen-bond acceptors (Lipinski definition) is 5. The summed E-state index contributed by atoms with van der Waals surface area (Å²) >= 11 is 0. The molecule has 1 rings (SSSR count). The van der Waals surface area contributed by atoms with Crippen molar-refractivity contribution in [1.29, 1.82) is 0 Å². The first-order valence-corrected chi connectivity index (χ1v) is 6.75. The van der Waals surface area contributed by atoms with E-state index in [0.717, 1.165) is 19.6 Å². The van der Waals surface area contributed by atoms with Crippen LogP contribution in [0.2, 0.25) is 0 Å². The summed E-state index contributed by atoms with van der Waals surface area (Å²) in [5.74, 6) is -0.294. The maximum atomic E-state index is 11.9. The number of hydrogen-bond donors (Lipinski definition) is 4. The highest BCUT2D eigenvalue weighted by Crippen LogP contribution is 2.19. The second-order valence-corrected chi connectivity index (χ2v) is 4.73. The molecule has 3 atom stereocenters. The van der Waals surface area contributed by atoms with Crippen LogP contribution in [0.1, 0.15) is 20.3 Å². The number of likely N-dealkylation sites (N-methyl/N-ethyl adjacent to an activating group) is 1. The van der Waals surface area contributed by atoms with Gasteiger partial charge in [-0.3, -0.25) is 4.79 Å². The first kappa shape index (κ1) is 16.1. The van der Waals surface area contributed by atoms with Gasteiger partial charge in [-0.25, -0.2) is 0 Å². The van der Waals surface area contributed by atoms with Crippen molar-refractivity contribution >= 4 is 5.91 Å². The molecular formula is C13H24N2O4. The number of amides is 1. The van der Waals surface area contributed by atoms with Gasteiger partial charge in [-0.2, -0.15) is 0 Å². The molecule has 0 aromatic heterocycles. The van der Waals surface area contributed by atoms with E-state index in [1.165, 1.54) is 6.08 Å². The molecule has 4 N–H and O–H groups in total. The molecule has 1 aliphatic carbocycles. The molecule has 6 nitrogen and oxygen atoms in total. The Kier molecular flexibility index (Phi) is 6.44. The second-order valence-electron chi connectivity index (χ2n) is 4.73. The van der Waals surface area contributed by atoms with Crippen molar-refractivity contribution in [3.05, 3.63) is 11.6 Å². The van der Waals surface area contributed by atoms with Crippen LogP contribution in [0.5, 0.6) is 0 Å². The lowest BCUT2D eigenvalue weighted by atomic mass is 9.92. The third-order valence-electron chi connectivity index (χ3n) is 3.44. The van der Waals surface area contributed by atoms with Crippen molar-refractivity contribution in [3.8, 4) is 0 Å². The molecule has 6 heteroatoms. The number of aliphatic hydroxyl groups excluding tert-OH is 3. The first-order chi connectivity index (χ1) is 8.99. The van der Waals surface area contributed by atoms with Gasteiger partial charge in [-0.15, -0.1) is 0 Å². The van der Waals surface area contributed by atoms with Crippen molar-refractivity contribution in [2.24, 2.45) is 0 Å². The largest absolute Gasteiger partial charge is 0.390 e. The minimum absolute atomic E-state index is 0.0648. The molecule has 0 fully saturated rings. The Bertz CT molecular complexity index is 329. The van der Waals surface area contributed by atoms with Crippen LogP contribution in [-0.2, 0) is 4.79 Å². The number of carbonyl (C=O) groups is 1. The molecule has 0 aromatic rings. The molecule has 110 valence electrons. The molecule has 0 saturated carbocycles. The van der Waals surface area contributed by atoms with Crippen LogP contribution in [0.4, 0.5) is 0 Å². The van der Waals surface area contributed by atoms with Gasteiger partial charge >= 0.3 is 0 Å². The maximum absolute atomic E-state index is 11.9. The van der Waals surface area contributed by atoms with E-state index in [9.17, 15) is 20.1 Å². The molecule has 0 unspecified atom stereocenters. The average molecular weight is 272 g/mol. The van der Waals surface area contributed by atoms with E-state index in [-0.39, 0.29) is 12.3 Å². The second kappa shape index (κ2) is 7.59. The van der Waals surface area contributed by atoms with E-state index in [4.69, 9.17) is 0 Å². The van der Waals surface area contributed by atoms with Crippen LogP contribution in [0.15, 0.2) is 11.6 Å². The molecule has 0 spiro atoms. The molecule has 0 heterocycles. The normalized spacial score (nSPS) is 27.3. The predicted molar refractivity (Wildman–Crippen MR) is 71.5 cm³/mol. The molecule has 0 aromatic carbocycles. The first-order valence-electron chi connectivity index (χ1n) is 6.75. The number of carbonyl (C=O) groups excluding carboxylic acids is 1.